The zero-order valence-electron chi connectivity index (χ0n) is 7.46. The van der Waals surface area contributed by atoms with Crippen LogP contribution in [0.25, 0.3) is 0 Å². The summed E-state index contributed by atoms with van der Waals surface area (Å²) in [4.78, 5) is 0. The summed E-state index contributed by atoms with van der Waals surface area (Å²) in [6.45, 7) is 4.26. The molecule has 0 heterocycles. The van der Waals surface area contributed by atoms with Crippen molar-refractivity contribution in [2.24, 2.45) is 17.6 Å². The van der Waals surface area contributed by atoms with E-state index >= 15 is 0 Å². The van der Waals surface area contributed by atoms with Crippen molar-refractivity contribution in [2.45, 2.75) is 45.3 Å². The molecule has 4 unspecified atom stereocenters. The first-order chi connectivity index (χ1) is 5.16. The van der Waals surface area contributed by atoms with Gasteiger partial charge in [-0.05, 0) is 24.7 Å². The van der Waals surface area contributed by atoms with E-state index in [4.69, 9.17) is 5.73 Å². The molecule has 1 aliphatic rings. The van der Waals surface area contributed by atoms with Gasteiger partial charge in [-0.2, -0.15) is 0 Å². The van der Waals surface area contributed by atoms with E-state index < -0.39 is 0 Å². The maximum absolute atomic E-state index is 9.54. The fraction of sp³-hybridized carbons (Fsp3) is 1.00. The molecule has 0 aliphatic heterocycles. The first-order valence-corrected chi connectivity index (χ1v) is 4.60. The largest absolute Gasteiger partial charge is 0.393 e. The molecule has 0 spiro atoms. The van der Waals surface area contributed by atoms with Crippen molar-refractivity contribution in [1.29, 1.82) is 0 Å². The SMILES string of the molecule is CCC1C(N)CCC(O)C1C. The molecule has 66 valence electrons. The van der Waals surface area contributed by atoms with Crippen molar-refractivity contribution in [3.05, 3.63) is 0 Å². The Morgan fingerprint density at radius 2 is 2.09 bits per heavy atom. The second kappa shape index (κ2) is 3.55. The van der Waals surface area contributed by atoms with Crippen LogP contribution in [0.2, 0.25) is 0 Å². The van der Waals surface area contributed by atoms with Gasteiger partial charge in [0.2, 0.25) is 0 Å². The molecule has 0 saturated heterocycles. The fourth-order valence-corrected chi connectivity index (χ4v) is 2.19. The topological polar surface area (TPSA) is 46.2 Å². The highest BCUT2D eigenvalue weighted by atomic mass is 16.3. The third-order valence-corrected chi connectivity index (χ3v) is 3.10. The van der Waals surface area contributed by atoms with Crippen molar-refractivity contribution in [1.82, 2.24) is 0 Å². The highest BCUT2D eigenvalue weighted by Crippen LogP contribution is 2.31. The summed E-state index contributed by atoms with van der Waals surface area (Å²) in [6, 6.07) is 0.318. The summed E-state index contributed by atoms with van der Waals surface area (Å²) >= 11 is 0. The van der Waals surface area contributed by atoms with E-state index in [-0.39, 0.29) is 6.10 Å². The lowest BCUT2D eigenvalue weighted by molar-refractivity contribution is 0.0309. The summed E-state index contributed by atoms with van der Waals surface area (Å²) in [5.41, 5.74) is 5.93. The van der Waals surface area contributed by atoms with Gasteiger partial charge in [0.05, 0.1) is 6.10 Å². The zero-order chi connectivity index (χ0) is 8.43. The molecule has 1 saturated carbocycles. The third kappa shape index (κ3) is 1.74. The standard InChI is InChI=1S/C9H19NO/c1-3-7-6(2)9(11)5-4-8(7)10/h6-9,11H,3-5,10H2,1-2H3. The van der Waals surface area contributed by atoms with Gasteiger partial charge in [-0.1, -0.05) is 20.3 Å². The number of hydrogen-bond acceptors (Lipinski definition) is 2. The monoisotopic (exact) mass is 157 g/mol. The molecule has 1 fully saturated rings. The molecule has 0 aromatic rings. The van der Waals surface area contributed by atoms with E-state index in [9.17, 15) is 5.11 Å². The summed E-state index contributed by atoms with van der Waals surface area (Å²) in [7, 11) is 0. The quantitative estimate of drug-likeness (QED) is 0.599. The van der Waals surface area contributed by atoms with E-state index in [1.807, 2.05) is 0 Å². The number of nitrogens with two attached hydrogens (primary N) is 1. The van der Waals surface area contributed by atoms with Crippen molar-refractivity contribution in [3.63, 3.8) is 0 Å². The lowest BCUT2D eigenvalue weighted by atomic mass is 9.74. The van der Waals surface area contributed by atoms with Crippen molar-refractivity contribution < 1.29 is 5.11 Å². The third-order valence-electron chi connectivity index (χ3n) is 3.10. The Hall–Kier alpha value is -0.0800. The van der Waals surface area contributed by atoms with Crippen LogP contribution in [0.1, 0.15) is 33.1 Å². The summed E-state index contributed by atoms with van der Waals surface area (Å²) in [5.74, 6) is 0.919. The molecule has 4 atom stereocenters. The van der Waals surface area contributed by atoms with Gasteiger partial charge in [-0.25, -0.2) is 0 Å². The average molecular weight is 157 g/mol. The predicted octanol–water partition coefficient (Wildman–Crippen LogP) is 1.13. The highest BCUT2D eigenvalue weighted by molar-refractivity contribution is 4.86. The lowest BCUT2D eigenvalue weighted by Crippen LogP contribution is -2.43. The second-order valence-electron chi connectivity index (χ2n) is 3.74. The van der Waals surface area contributed by atoms with Gasteiger partial charge >= 0.3 is 0 Å². The number of rotatable bonds is 1. The van der Waals surface area contributed by atoms with Crippen LogP contribution in [0, 0.1) is 11.8 Å². The van der Waals surface area contributed by atoms with E-state index in [0.717, 1.165) is 19.3 Å². The van der Waals surface area contributed by atoms with Crippen molar-refractivity contribution in [2.75, 3.05) is 0 Å². The lowest BCUT2D eigenvalue weighted by Gasteiger charge is -2.37. The Morgan fingerprint density at radius 3 is 2.55 bits per heavy atom. The minimum Gasteiger partial charge on any atom is -0.393 e. The first-order valence-electron chi connectivity index (χ1n) is 4.60. The minimum absolute atomic E-state index is 0.111. The van der Waals surface area contributed by atoms with Gasteiger partial charge in [0.1, 0.15) is 0 Å². The maximum atomic E-state index is 9.54. The van der Waals surface area contributed by atoms with Crippen LogP contribution in [-0.2, 0) is 0 Å². The molecule has 0 radical (unpaired) electrons. The number of aliphatic hydroxyl groups excluding tert-OH is 1. The Balaban J connectivity index is 2.55. The first kappa shape index (κ1) is 9.01. The van der Waals surface area contributed by atoms with E-state index in [0.29, 0.717) is 17.9 Å². The fourth-order valence-electron chi connectivity index (χ4n) is 2.19. The average Bonchev–Trinajstić information content (AvgIpc) is 1.99. The molecule has 1 rings (SSSR count). The van der Waals surface area contributed by atoms with Crippen LogP contribution in [0.4, 0.5) is 0 Å². The Bertz CT molecular complexity index is 127. The zero-order valence-corrected chi connectivity index (χ0v) is 7.46. The molecule has 0 aromatic heterocycles. The molecular formula is C9H19NO. The van der Waals surface area contributed by atoms with Gasteiger partial charge in [0, 0.05) is 6.04 Å². The smallest absolute Gasteiger partial charge is 0.0569 e. The molecule has 2 heteroatoms. The second-order valence-corrected chi connectivity index (χ2v) is 3.74. The minimum atomic E-state index is -0.111. The van der Waals surface area contributed by atoms with Crippen molar-refractivity contribution in [3.8, 4) is 0 Å². The molecule has 0 bridgehead atoms. The van der Waals surface area contributed by atoms with Crippen LogP contribution in [0.5, 0.6) is 0 Å². The van der Waals surface area contributed by atoms with Crippen LogP contribution < -0.4 is 5.73 Å². The van der Waals surface area contributed by atoms with Gasteiger partial charge < -0.3 is 10.8 Å². The van der Waals surface area contributed by atoms with Crippen LogP contribution >= 0.6 is 0 Å². The highest BCUT2D eigenvalue weighted by Gasteiger charge is 2.32. The summed E-state index contributed by atoms with van der Waals surface area (Å²) < 4.78 is 0. The molecular weight excluding hydrogens is 138 g/mol. The maximum Gasteiger partial charge on any atom is 0.0569 e. The van der Waals surface area contributed by atoms with Gasteiger partial charge in [0.15, 0.2) is 0 Å². The summed E-state index contributed by atoms with van der Waals surface area (Å²) in [5, 5.41) is 9.54. The molecule has 3 N–H and O–H groups in total. The normalized spacial score (nSPS) is 45.8. The van der Waals surface area contributed by atoms with E-state index in [2.05, 4.69) is 13.8 Å². The Morgan fingerprint density at radius 1 is 1.45 bits per heavy atom. The van der Waals surface area contributed by atoms with Crippen LogP contribution in [-0.4, -0.2) is 17.3 Å². The van der Waals surface area contributed by atoms with Gasteiger partial charge in [-0.15, -0.1) is 0 Å². The molecule has 0 aromatic carbocycles. The predicted molar refractivity (Wildman–Crippen MR) is 46.2 cm³/mol. The van der Waals surface area contributed by atoms with Crippen molar-refractivity contribution >= 4 is 0 Å². The molecule has 0 amide bonds. The van der Waals surface area contributed by atoms with Gasteiger partial charge in [-0.3, -0.25) is 0 Å². The van der Waals surface area contributed by atoms with E-state index in [1.165, 1.54) is 0 Å². The number of aliphatic hydroxyl groups is 1. The molecule has 1 aliphatic carbocycles. The Kier molecular flexibility index (Phi) is 2.90. The summed E-state index contributed by atoms with van der Waals surface area (Å²) in [6.07, 6.45) is 2.86. The number of hydrogen-bond donors (Lipinski definition) is 2. The van der Waals surface area contributed by atoms with E-state index in [1.54, 1.807) is 0 Å². The van der Waals surface area contributed by atoms with Gasteiger partial charge in [0.25, 0.3) is 0 Å². The molecule has 11 heavy (non-hydrogen) atoms. The van der Waals surface area contributed by atoms with Crippen LogP contribution in [0.3, 0.4) is 0 Å². The Labute approximate surface area is 68.8 Å². The molecule has 2 nitrogen and oxygen atoms in total. The van der Waals surface area contributed by atoms with Crippen LogP contribution in [0.15, 0.2) is 0 Å².